The second-order valence-corrected chi connectivity index (χ2v) is 0. The summed E-state index contributed by atoms with van der Waals surface area (Å²) in [6.45, 7) is 0. The maximum atomic E-state index is 0. The van der Waals surface area contributed by atoms with Crippen molar-refractivity contribution in [3.63, 3.8) is 0 Å². The summed E-state index contributed by atoms with van der Waals surface area (Å²) in [4.78, 5) is 0. The number of hydrogen-bond donors (Lipinski definition) is 0. The van der Waals surface area contributed by atoms with Gasteiger partial charge in [-0.2, -0.15) is 49.5 Å². The van der Waals surface area contributed by atoms with Crippen molar-refractivity contribution in [3.05, 3.63) is 0 Å². The highest BCUT2D eigenvalue weighted by atomic mass is 31.0. The lowest BCUT2D eigenvalue weighted by Crippen LogP contribution is -0.382. The Labute approximate surface area is 158 Å². The Balaban J connectivity index is 0. The number of hydrogen-bond acceptors (Lipinski definition) is 0. The van der Waals surface area contributed by atoms with Gasteiger partial charge in [0.15, 0.2) is 0 Å². The van der Waals surface area contributed by atoms with Gasteiger partial charge in [0.1, 0.15) is 0 Å². The molecule has 39 radical (unpaired) electrons. The molecule has 0 amide bonds. The lowest BCUT2D eigenvalue weighted by molar-refractivity contribution is 5.75. The Morgan fingerprint density at radius 1 is 0.111 bits per heavy atom. The van der Waals surface area contributed by atoms with Crippen LogP contribution in [0.3, 0.4) is 0 Å². The van der Waals surface area contributed by atoms with Crippen LogP contribution in [0.15, 0.2) is 0 Å². The zero-order valence-electron chi connectivity index (χ0n) is 11.0. The van der Waals surface area contributed by atoms with Gasteiger partial charge in [0.05, 0.1) is 0 Å². The average molecular weight is 311 g/mol. The van der Waals surface area contributed by atoms with Gasteiger partial charge in [-0.25, -0.2) is 0 Å². The molecule has 0 aromatic carbocycles. The first-order valence-electron chi connectivity index (χ1n) is 0. The largest absolute Gasteiger partial charge is 0.153 e. The van der Waals surface area contributed by atoms with Crippen molar-refractivity contribution in [2.45, 2.75) is 0 Å². The molecular formula is H15B13P5. The number of rotatable bonds is 0. The molecule has 0 fully saturated rings. The van der Waals surface area contributed by atoms with E-state index in [1.807, 2.05) is 0 Å². The van der Waals surface area contributed by atoms with Crippen LogP contribution in [0.2, 0.25) is 0 Å². The van der Waals surface area contributed by atoms with Crippen molar-refractivity contribution >= 4 is 159 Å². The Morgan fingerprint density at radius 2 is 0.111 bits per heavy atom. The zero-order valence-corrected chi connectivity index (χ0v) is 18.1. The molecule has 0 aliphatic heterocycles. The van der Waals surface area contributed by atoms with Crippen LogP contribution in [0.1, 0.15) is 0 Å². The highest BCUT2D eigenvalue weighted by molar-refractivity contribution is 6.92. The maximum Gasteiger partial charge on any atom is 0 e. The van der Waals surface area contributed by atoms with Crippen LogP contribution in [-0.2, 0) is 0 Å². The normalized spacial score (nSPS) is 0. The molecule has 0 saturated heterocycles. The molecule has 5 atom stereocenters. The maximum absolute atomic E-state index is 0. The van der Waals surface area contributed by atoms with Crippen LogP contribution in [0.4, 0.5) is 0 Å². The van der Waals surface area contributed by atoms with Crippen molar-refractivity contribution in [1.29, 1.82) is 0 Å². The van der Waals surface area contributed by atoms with E-state index in [4.69, 9.17) is 0 Å². The van der Waals surface area contributed by atoms with Gasteiger partial charge < -0.3 is 0 Å². The van der Waals surface area contributed by atoms with E-state index in [9.17, 15) is 0 Å². The van der Waals surface area contributed by atoms with Crippen LogP contribution < -0.4 is 0 Å². The summed E-state index contributed by atoms with van der Waals surface area (Å²) < 4.78 is 0. The van der Waals surface area contributed by atoms with E-state index in [1.54, 1.807) is 0 Å². The van der Waals surface area contributed by atoms with Gasteiger partial charge in [-0.05, 0) is 0 Å². The second-order valence-electron chi connectivity index (χ2n) is 0. The zero-order chi connectivity index (χ0) is 0. The van der Waals surface area contributed by atoms with Crippen molar-refractivity contribution in [1.82, 2.24) is 0 Å². The van der Waals surface area contributed by atoms with E-state index in [2.05, 4.69) is 0 Å². The Morgan fingerprint density at radius 3 is 0.111 bits per heavy atom. The fourth-order valence-electron chi connectivity index (χ4n) is 0. The lowest BCUT2D eigenvalue weighted by Gasteiger charge is -0.154. The SMILES string of the molecule is P.P.P.P.P.[B].[B].[B].[B].[B].[B].[B].[B].[B].[B].[B].[B].[B]. The highest BCUT2D eigenvalue weighted by Gasteiger charge is 0.0124. The van der Waals surface area contributed by atoms with Crippen molar-refractivity contribution in [2.75, 3.05) is 0 Å². The predicted octanol–water partition coefficient (Wildman–Crippen LogP) is -4.66. The Bertz CT molecular complexity index is 15.3. The highest BCUT2D eigenvalue weighted by Crippen LogP contribution is 0.865. The molecule has 0 N–H and O–H groups in total. The molecule has 0 aliphatic carbocycles. The molecule has 0 saturated carbocycles. The van der Waals surface area contributed by atoms with Gasteiger partial charge in [0.2, 0.25) is 0 Å². The van der Waals surface area contributed by atoms with Crippen molar-refractivity contribution in [2.24, 2.45) is 0 Å². The Kier molecular flexibility index (Phi) is 41800. The average Bonchev–Trinajstić information content (AvgIpc) is 0. The molecule has 79 valence electrons. The molecule has 0 aliphatic rings. The van der Waals surface area contributed by atoms with E-state index in [0.717, 1.165) is 0 Å². The van der Waals surface area contributed by atoms with Gasteiger partial charge in [-0.3, -0.25) is 0 Å². The molecule has 5 unspecified atom stereocenters. The second kappa shape index (κ2) is 805. The van der Waals surface area contributed by atoms with Gasteiger partial charge in [0.25, 0.3) is 0 Å². The molecule has 18 heteroatoms. The third kappa shape index (κ3) is 686. The topological polar surface area (TPSA) is 0 Å². The predicted molar refractivity (Wildman–Crippen MR) is 130 cm³/mol. The summed E-state index contributed by atoms with van der Waals surface area (Å²) in [6.07, 6.45) is 0. The van der Waals surface area contributed by atoms with E-state index >= 15 is 0 Å². The van der Waals surface area contributed by atoms with E-state index in [-0.39, 0.29) is 159 Å². The fraction of sp³-hybridized carbons (Fsp3) is 0. The van der Waals surface area contributed by atoms with Gasteiger partial charge in [-0.1, -0.05) is 0 Å². The molecule has 0 heterocycles. The first kappa shape index (κ1) is 936. The third-order valence-electron chi connectivity index (χ3n) is 0. The summed E-state index contributed by atoms with van der Waals surface area (Å²) >= 11 is 0. The third-order valence-corrected chi connectivity index (χ3v) is 0. The minimum atomic E-state index is 0. The lowest BCUT2D eigenvalue weighted by atomic mass is 10.8. The van der Waals surface area contributed by atoms with Crippen LogP contribution in [0.5, 0.6) is 0 Å². The van der Waals surface area contributed by atoms with Crippen LogP contribution in [0, 0.1) is 0 Å². The first-order valence-corrected chi connectivity index (χ1v) is 0. The summed E-state index contributed by atoms with van der Waals surface area (Å²) in [7, 11) is 0. The standard InChI is InChI=1S/13B.5H3P/h;;;;;;;;;;;;;5*1H3. The van der Waals surface area contributed by atoms with E-state index < -0.39 is 0 Å². The summed E-state index contributed by atoms with van der Waals surface area (Å²) in [5.74, 6) is 0. The summed E-state index contributed by atoms with van der Waals surface area (Å²) in [5, 5.41) is 0. The smallest absolute Gasteiger partial charge is 0 e. The summed E-state index contributed by atoms with van der Waals surface area (Å²) in [5.41, 5.74) is 0. The monoisotopic (exact) mass is 313 g/mol. The van der Waals surface area contributed by atoms with Crippen LogP contribution >= 0.6 is 49.5 Å². The van der Waals surface area contributed by atoms with Gasteiger partial charge in [-0.15, -0.1) is 0 Å². The van der Waals surface area contributed by atoms with Crippen LogP contribution in [0.25, 0.3) is 0 Å². The molecule has 0 bridgehead atoms. The molecular weight excluding hydrogens is 295 g/mol. The minimum absolute atomic E-state index is 0. The summed E-state index contributed by atoms with van der Waals surface area (Å²) in [6, 6.07) is 0. The molecule has 0 rings (SSSR count). The van der Waals surface area contributed by atoms with Gasteiger partial charge in [0, 0.05) is 109 Å². The molecule has 0 nitrogen and oxygen atoms in total. The Hall–Kier alpha value is 2.99. The minimum Gasteiger partial charge on any atom is -0.153 e. The molecule has 0 aromatic heterocycles. The van der Waals surface area contributed by atoms with E-state index in [0.29, 0.717) is 0 Å². The van der Waals surface area contributed by atoms with Gasteiger partial charge >= 0.3 is 0 Å². The fourth-order valence-corrected chi connectivity index (χ4v) is 0. The quantitative estimate of drug-likeness (QED) is 0.312. The molecule has 0 aromatic rings. The first-order chi connectivity index (χ1) is 0. The molecule has 0 spiro atoms. The van der Waals surface area contributed by atoms with Crippen molar-refractivity contribution in [3.8, 4) is 0 Å². The van der Waals surface area contributed by atoms with E-state index in [1.165, 1.54) is 0 Å². The molecule has 18 heavy (non-hydrogen) atoms. The van der Waals surface area contributed by atoms with Crippen molar-refractivity contribution < 1.29 is 0 Å². The van der Waals surface area contributed by atoms with Crippen LogP contribution in [-0.4, -0.2) is 109 Å².